The van der Waals surface area contributed by atoms with Crippen LogP contribution in [0.1, 0.15) is 40.5 Å². The summed E-state index contributed by atoms with van der Waals surface area (Å²) in [6.07, 6.45) is 5.08. The van der Waals surface area contributed by atoms with E-state index in [2.05, 4.69) is 34.0 Å². The zero-order valence-corrected chi connectivity index (χ0v) is 8.79. The molecular formula is C9H21S+. The van der Waals surface area contributed by atoms with Gasteiger partial charge in [0.2, 0.25) is 0 Å². The first-order chi connectivity index (χ1) is 4.63. The molecule has 0 aliphatic heterocycles. The summed E-state index contributed by atoms with van der Waals surface area (Å²) in [5, 5.41) is 1.85. The summed E-state index contributed by atoms with van der Waals surface area (Å²) in [4.78, 5) is 0. The fourth-order valence-electron chi connectivity index (χ4n) is 0.922. The molecule has 0 fully saturated rings. The van der Waals surface area contributed by atoms with Crippen LogP contribution < -0.4 is 0 Å². The second kappa shape index (κ2) is 5.06. The minimum absolute atomic E-state index is 0.640. The molecule has 0 aromatic heterocycles. The Kier molecular flexibility index (Phi) is 5.24. The quantitative estimate of drug-likeness (QED) is 0.556. The van der Waals surface area contributed by atoms with Gasteiger partial charge >= 0.3 is 0 Å². The third-order valence-electron chi connectivity index (χ3n) is 2.42. The zero-order chi connectivity index (χ0) is 8.15. The Morgan fingerprint density at radius 1 is 1.00 bits per heavy atom. The molecule has 1 heteroatoms. The fourth-order valence-corrected chi connectivity index (χ4v) is 2.77. The molecule has 0 aromatic carbocycles. The van der Waals surface area contributed by atoms with Gasteiger partial charge in [0.15, 0.2) is 0 Å². The predicted molar refractivity (Wildman–Crippen MR) is 52.8 cm³/mol. The average molecular weight is 161 g/mol. The zero-order valence-electron chi connectivity index (χ0n) is 7.98. The second-order valence-corrected chi connectivity index (χ2v) is 5.87. The van der Waals surface area contributed by atoms with Crippen LogP contribution in [0.25, 0.3) is 0 Å². The first-order valence-corrected chi connectivity index (χ1v) is 6.02. The molecule has 0 aliphatic rings. The number of hydrogen-bond donors (Lipinski definition) is 0. The van der Waals surface area contributed by atoms with Gasteiger partial charge in [0.1, 0.15) is 10.5 Å². The van der Waals surface area contributed by atoms with Gasteiger partial charge in [-0.05, 0) is 37.6 Å². The first-order valence-electron chi connectivity index (χ1n) is 4.27. The normalized spacial score (nSPS) is 20.1. The first kappa shape index (κ1) is 10.3. The SMILES string of the molecule is CCC(C)[S+](C)C(C)CC. The average Bonchev–Trinajstić information content (AvgIpc) is 2.00. The Hall–Kier alpha value is 0.350. The maximum atomic E-state index is 2.41. The van der Waals surface area contributed by atoms with Crippen molar-refractivity contribution in [3.63, 3.8) is 0 Å². The lowest BCUT2D eigenvalue weighted by Gasteiger charge is -2.14. The maximum Gasteiger partial charge on any atom is 0.115 e. The molecule has 0 N–H and O–H groups in total. The maximum absolute atomic E-state index is 2.41. The molecule has 0 spiro atoms. The molecule has 0 rings (SSSR count). The van der Waals surface area contributed by atoms with Crippen LogP contribution in [0.4, 0.5) is 0 Å². The van der Waals surface area contributed by atoms with Crippen LogP contribution in [0, 0.1) is 0 Å². The van der Waals surface area contributed by atoms with Crippen LogP contribution in [0.2, 0.25) is 0 Å². The van der Waals surface area contributed by atoms with Gasteiger partial charge in [0.05, 0.1) is 6.26 Å². The molecule has 0 aromatic rings. The summed E-state index contributed by atoms with van der Waals surface area (Å²) in [6.45, 7) is 9.32. The second-order valence-electron chi connectivity index (χ2n) is 3.05. The van der Waals surface area contributed by atoms with Gasteiger partial charge in [-0.3, -0.25) is 0 Å². The number of hydrogen-bond acceptors (Lipinski definition) is 0. The van der Waals surface area contributed by atoms with Gasteiger partial charge in [-0.2, -0.15) is 0 Å². The van der Waals surface area contributed by atoms with E-state index < -0.39 is 0 Å². The van der Waals surface area contributed by atoms with Crippen molar-refractivity contribution in [3.8, 4) is 0 Å². The lowest BCUT2D eigenvalue weighted by Crippen LogP contribution is -2.26. The molecule has 0 radical (unpaired) electrons. The highest BCUT2D eigenvalue weighted by Gasteiger charge is 2.24. The van der Waals surface area contributed by atoms with Crippen molar-refractivity contribution in [1.82, 2.24) is 0 Å². The Bertz CT molecular complexity index is 70.8. The van der Waals surface area contributed by atoms with E-state index in [4.69, 9.17) is 0 Å². The van der Waals surface area contributed by atoms with Crippen LogP contribution in [0.15, 0.2) is 0 Å². The molecule has 10 heavy (non-hydrogen) atoms. The Morgan fingerprint density at radius 2 is 1.30 bits per heavy atom. The molecule has 0 saturated carbocycles. The largest absolute Gasteiger partial charge is 0.115 e. The minimum Gasteiger partial charge on any atom is -0.0606 e. The third-order valence-corrected chi connectivity index (χ3v) is 5.62. The highest BCUT2D eigenvalue weighted by molar-refractivity contribution is 7.97. The molecule has 0 amide bonds. The summed E-state index contributed by atoms with van der Waals surface area (Å²) >= 11 is 0. The lowest BCUT2D eigenvalue weighted by atomic mass is 10.4. The molecular weight excluding hydrogens is 140 g/mol. The van der Waals surface area contributed by atoms with Gasteiger partial charge in [-0.15, -0.1) is 0 Å². The van der Waals surface area contributed by atoms with Crippen LogP contribution in [-0.2, 0) is 10.9 Å². The van der Waals surface area contributed by atoms with E-state index in [1.165, 1.54) is 12.8 Å². The van der Waals surface area contributed by atoms with E-state index in [1.54, 1.807) is 0 Å². The van der Waals surface area contributed by atoms with Gasteiger partial charge in [0, 0.05) is 0 Å². The summed E-state index contributed by atoms with van der Waals surface area (Å²) in [6, 6.07) is 0. The molecule has 0 aliphatic carbocycles. The molecule has 2 atom stereocenters. The summed E-state index contributed by atoms with van der Waals surface area (Å²) in [5.41, 5.74) is 0. The van der Waals surface area contributed by atoms with E-state index in [0.717, 1.165) is 10.5 Å². The standard InChI is InChI=1S/C9H21S/c1-6-8(3)10(5)9(4)7-2/h8-9H,6-7H2,1-5H3/q+1. The smallest absolute Gasteiger partial charge is 0.0606 e. The van der Waals surface area contributed by atoms with Gasteiger partial charge in [-0.1, -0.05) is 13.8 Å². The Labute approximate surface area is 68.7 Å². The molecule has 2 unspecified atom stereocenters. The van der Waals surface area contributed by atoms with Gasteiger partial charge in [0.25, 0.3) is 0 Å². The topological polar surface area (TPSA) is 0 Å². The van der Waals surface area contributed by atoms with Crippen molar-refractivity contribution < 1.29 is 0 Å². The van der Waals surface area contributed by atoms with E-state index in [-0.39, 0.29) is 0 Å². The third kappa shape index (κ3) is 2.96. The van der Waals surface area contributed by atoms with Crippen LogP contribution in [-0.4, -0.2) is 16.8 Å². The van der Waals surface area contributed by atoms with Crippen LogP contribution >= 0.6 is 0 Å². The van der Waals surface area contributed by atoms with Crippen molar-refractivity contribution in [1.29, 1.82) is 0 Å². The Morgan fingerprint density at radius 3 is 1.50 bits per heavy atom. The predicted octanol–water partition coefficient (Wildman–Crippen LogP) is 2.83. The fraction of sp³-hybridized carbons (Fsp3) is 1.00. The number of rotatable bonds is 4. The van der Waals surface area contributed by atoms with Crippen molar-refractivity contribution in [2.45, 2.75) is 51.0 Å². The summed E-state index contributed by atoms with van der Waals surface area (Å²) in [5.74, 6) is 0. The molecule has 0 nitrogen and oxygen atoms in total. The molecule has 62 valence electrons. The lowest BCUT2D eigenvalue weighted by molar-refractivity contribution is 0.846. The van der Waals surface area contributed by atoms with E-state index in [0.29, 0.717) is 10.9 Å². The van der Waals surface area contributed by atoms with Crippen molar-refractivity contribution in [3.05, 3.63) is 0 Å². The highest BCUT2D eigenvalue weighted by atomic mass is 32.2. The van der Waals surface area contributed by atoms with Gasteiger partial charge < -0.3 is 0 Å². The van der Waals surface area contributed by atoms with Crippen LogP contribution in [0.5, 0.6) is 0 Å². The minimum atomic E-state index is 0.640. The van der Waals surface area contributed by atoms with E-state index in [1.807, 2.05) is 0 Å². The van der Waals surface area contributed by atoms with Crippen molar-refractivity contribution in [2.24, 2.45) is 0 Å². The van der Waals surface area contributed by atoms with E-state index >= 15 is 0 Å². The highest BCUT2D eigenvalue weighted by Crippen LogP contribution is 2.14. The summed E-state index contributed by atoms with van der Waals surface area (Å²) in [7, 11) is 0.640. The van der Waals surface area contributed by atoms with Crippen LogP contribution in [0.3, 0.4) is 0 Å². The molecule has 0 saturated heterocycles. The van der Waals surface area contributed by atoms with E-state index in [9.17, 15) is 0 Å². The molecule has 0 bridgehead atoms. The molecule has 0 heterocycles. The monoisotopic (exact) mass is 161 g/mol. The summed E-state index contributed by atoms with van der Waals surface area (Å²) < 4.78 is 0. The van der Waals surface area contributed by atoms with Crippen molar-refractivity contribution in [2.75, 3.05) is 6.26 Å². The Balaban J connectivity index is 3.69. The van der Waals surface area contributed by atoms with Crippen molar-refractivity contribution >= 4 is 10.9 Å². The van der Waals surface area contributed by atoms with Gasteiger partial charge in [-0.25, -0.2) is 0 Å².